The first-order valence-corrected chi connectivity index (χ1v) is 10.7. The van der Waals surface area contributed by atoms with Crippen LogP contribution in [0.25, 0.3) is 5.69 Å². The van der Waals surface area contributed by atoms with Crippen LogP contribution >= 0.6 is 24.0 Å². The number of hydrogen-bond donors (Lipinski definition) is 2. The number of nitrogens with zero attached hydrogens (tertiary/aromatic N) is 5. The van der Waals surface area contributed by atoms with Gasteiger partial charge in [-0.05, 0) is 37.1 Å². The number of aliphatic imine (C=N–C) groups is 1. The van der Waals surface area contributed by atoms with Gasteiger partial charge in [-0.3, -0.25) is 4.99 Å². The second-order valence-electron chi connectivity index (χ2n) is 7.70. The number of hydrogen-bond acceptors (Lipinski definition) is 3. The van der Waals surface area contributed by atoms with Crippen molar-refractivity contribution in [2.24, 2.45) is 4.99 Å². The highest BCUT2D eigenvalue weighted by Gasteiger charge is 2.10. The monoisotopic (exact) mass is 555 g/mol. The van der Waals surface area contributed by atoms with Gasteiger partial charge >= 0.3 is 0 Å². The molecule has 0 aliphatic heterocycles. The fraction of sp³-hybridized carbons (Fsp3) is 0.240. The molecule has 0 fully saturated rings. The Morgan fingerprint density at radius 3 is 2.42 bits per heavy atom. The van der Waals surface area contributed by atoms with Crippen LogP contribution in [0.1, 0.15) is 28.3 Å². The molecule has 2 aromatic carbocycles. The van der Waals surface area contributed by atoms with Crippen LogP contribution in [0.3, 0.4) is 0 Å². The van der Waals surface area contributed by atoms with E-state index in [1.54, 1.807) is 7.05 Å². The van der Waals surface area contributed by atoms with Crippen molar-refractivity contribution in [3.8, 4) is 5.69 Å². The summed E-state index contributed by atoms with van der Waals surface area (Å²) in [5, 5.41) is 11.4. The SMILES string of the molecule is CN=C(NCc1ccccc1-n1nc(C)cc1C)NCc1nccn1Cc1ccccc1.I. The molecule has 0 amide bonds. The van der Waals surface area contributed by atoms with Crippen LogP contribution in [0.15, 0.2) is 78.0 Å². The lowest BCUT2D eigenvalue weighted by molar-refractivity contribution is 0.687. The van der Waals surface area contributed by atoms with Crippen molar-refractivity contribution in [3.05, 3.63) is 101 Å². The van der Waals surface area contributed by atoms with Crippen molar-refractivity contribution in [3.63, 3.8) is 0 Å². The van der Waals surface area contributed by atoms with Gasteiger partial charge in [0.2, 0.25) is 0 Å². The number of aryl methyl sites for hydroxylation is 2. The van der Waals surface area contributed by atoms with Gasteiger partial charge in [-0.15, -0.1) is 24.0 Å². The van der Waals surface area contributed by atoms with E-state index in [0.29, 0.717) is 13.1 Å². The number of aromatic nitrogens is 4. The maximum Gasteiger partial charge on any atom is 0.191 e. The third-order valence-electron chi connectivity index (χ3n) is 5.31. The van der Waals surface area contributed by atoms with Gasteiger partial charge in [0.25, 0.3) is 0 Å². The molecule has 8 heteroatoms. The molecule has 0 saturated carbocycles. The fourth-order valence-electron chi connectivity index (χ4n) is 3.73. The second kappa shape index (κ2) is 11.6. The van der Waals surface area contributed by atoms with Gasteiger partial charge in [0.05, 0.1) is 17.9 Å². The molecule has 0 aliphatic rings. The van der Waals surface area contributed by atoms with E-state index in [0.717, 1.165) is 41.0 Å². The Morgan fingerprint density at radius 1 is 0.970 bits per heavy atom. The van der Waals surface area contributed by atoms with Crippen molar-refractivity contribution in [1.29, 1.82) is 0 Å². The molecule has 2 heterocycles. The first-order chi connectivity index (χ1) is 15.6. The van der Waals surface area contributed by atoms with Crippen molar-refractivity contribution in [1.82, 2.24) is 30.0 Å². The van der Waals surface area contributed by atoms with E-state index in [-0.39, 0.29) is 24.0 Å². The molecular weight excluding hydrogens is 525 g/mol. The van der Waals surface area contributed by atoms with Gasteiger partial charge in [0, 0.05) is 38.2 Å². The van der Waals surface area contributed by atoms with E-state index in [4.69, 9.17) is 0 Å². The number of rotatable bonds is 7. The first-order valence-electron chi connectivity index (χ1n) is 10.7. The highest BCUT2D eigenvalue weighted by molar-refractivity contribution is 14.0. The number of para-hydroxylation sites is 1. The summed E-state index contributed by atoms with van der Waals surface area (Å²) in [6, 6.07) is 20.8. The molecule has 33 heavy (non-hydrogen) atoms. The van der Waals surface area contributed by atoms with E-state index in [2.05, 4.69) is 79.7 Å². The van der Waals surface area contributed by atoms with E-state index in [1.807, 2.05) is 42.2 Å². The second-order valence-corrected chi connectivity index (χ2v) is 7.70. The standard InChI is InChI=1S/C25H29N7.HI/c1-19-15-20(2)32(30-19)23-12-8-7-11-22(23)16-28-25(26-3)29-17-24-27-13-14-31(24)18-21-9-5-4-6-10-21;/h4-15H,16-18H2,1-3H3,(H2,26,28,29);1H. The molecule has 0 unspecified atom stereocenters. The third-order valence-corrected chi connectivity index (χ3v) is 5.31. The predicted octanol–water partition coefficient (Wildman–Crippen LogP) is 4.22. The van der Waals surface area contributed by atoms with Crippen molar-refractivity contribution in [2.45, 2.75) is 33.5 Å². The maximum absolute atomic E-state index is 4.63. The molecule has 4 aromatic rings. The Morgan fingerprint density at radius 2 is 1.70 bits per heavy atom. The van der Waals surface area contributed by atoms with Gasteiger partial charge in [0.1, 0.15) is 5.82 Å². The molecule has 172 valence electrons. The smallest absolute Gasteiger partial charge is 0.191 e. The number of guanidine groups is 1. The molecule has 0 atom stereocenters. The summed E-state index contributed by atoms with van der Waals surface area (Å²) in [5.41, 5.74) is 5.58. The van der Waals surface area contributed by atoms with Crippen LogP contribution in [0.5, 0.6) is 0 Å². The average molecular weight is 555 g/mol. The van der Waals surface area contributed by atoms with E-state index >= 15 is 0 Å². The minimum absolute atomic E-state index is 0. The fourth-order valence-corrected chi connectivity index (χ4v) is 3.73. The Hall–Kier alpha value is -3.14. The van der Waals surface area contributed by atoms with E-state index in [1.165, 1.54) is 5.56 Å². The molecule has 4 rings (SSSR count). The number of benzene rings is 2. The highest BCUT2D eigenvalue weighted by atomic mass is 127. The zero-order chi connectivity index (χ0) is 22.3. The highest BCUT2D eigenvalue weighted by Crippen LogP contribution is 2.17. The van der Waals surface area contributed by atoms with E-state index < -0.39 is 0 Å². The van der Waals surface area contributed by atoms with Crippen LogP contribution in [0.4, 0.5) is 0 Å². The molecule has 0 saturated heterocycles. The summed E-state index contributed by atoms with van der Waals surface area (Å²) in [6.45, 7) is 6.09. The van der Waals surface area contributed by atoms with Gasteiger partial charge in [-0.25, -0.2) is 9.67 Å². The molecule has 0 bridgehead atoms. The molecule has 0 aliphatic carbocycles. The van der Waals surface area contributed by atoms with Crippen molar-refractivity contribution < 1.29 is 0 Å². The largest absolute Gasteiger partial charge is 0.352 e. The van der Waals surface area contributed by atoms with E-state index in [9.17, 15) is 0 Å². The summed E-state index contributed by atoms with van der Waals surface area (Å²) < 4.78 is 4.14. The minimum Gasteiger partial charge on any atom is -0.352 e. The molecule has 2 N–H and O–H groups in total. The quantitative estimate of drug-likeness (QED) is 0.204. The summed E-state index contributed by atoms with van der Waals surface area (Å²) in [5.74, 6) is 1.68. The van der Waals surface area contributed by atoms with Gasteiger partial charge < -0.3 is 15.2 Å². The lowest BCUT2D eigenvalue weighted by atomic mass is 10.1. The third kappa shape index (κ3) is 6.22. The number of nitrogens with one attached hydrogen (secondary N) is 2. The average Bonchev–Trinajstić information content (AvgIpc) is 3.39. The van der Waals surface area contributed by atoms with Gasteiger partial charge in [0.15, 0.2) is 5.96 Å². The lowest BCUT2D eigenvalue weighted by Crippen LogP contribution is -2.37. The molecule has 7 nitrogen and oxygen atoms in total. The minimum atomic E-state index is 0. The molecule has 0 radical (unpaired) electrons. The Kier molecular flexibility index (Phi) is 8.65. The van der Waals surface area contributed by atoms with Crippen LogP contribution in [-0.2, 0) is 19.6 Å². The Balaban J connectivity index is 0.00000306. The Labute approximate surface area is 212 Å². The van der Waals surface area contributed by atoms with Gasteiger partial charge in [-0.1, -0.05) is 48.5 Å². The molecule has 0 spiro atoms. The number of halogens is 1. The normalized spacial score (nSPS) is 11.2. The maximum atomic E-state index is 4.63. The zero-order valence-corrected chi connectivity index (χ0v) is 21.5. The van der Waals surface area contributed by atoms with Crippen LogP contribution in [0, 0.1) is 13.8 Å². The molecular formula is C25H30IN7. The predicted molar refractivity (Wildman–Crippen MR) is 143 cm³/mol. The summed E-state index contributed by atoms with van der Waals surface area (Å²) in [7, 11) is 1.78. The van der Waals surface area contributed by atoms with Gasteiger partial charge in [-0.2, -0.15) is 5.10 Å². The van der Waals surface area contributed by atoms with Crippen LogP contribution in [0.2, 0.25) is 0 Å². The lowest BCUT2D eigenvalue weighted by Gasteiger charge is -2.15. The summed E-state index contributed by atoms with van der Waals surface area (Å²) in [6.07, 6.45) is 3.84. The van der Waals surface area contributed by atoms with Crippen molar-refractivity contribution >= 4 is 29.9 Å². The first kappa shape index (κ1) is 24.5. The Bertz CT molecular complexity index is 1190. The molecule has 2 aromatic heterocycles. The van der Waals surface area contributed by atoms with Crippen LogP contribution in [-0.4, -0.2) is 32.3 Å². The van der Waals surface area contributed by atoms with Crippen LogP contribution < -0.4 is 10.6 Å². The summed E-state index contributed by atoms with van der Waals surface area (Å²) >= 11 is 0. The van der Waals surface area contributed by atoms with Crippen molar-refractivity contribution in [2.75, 3.05) is 7.05 Å². The number of imidazole rings is 1. The topological polar surface area (TPSA) is 72.1 Å². The zero-order valence-electron chi connectivity index (χ0n) is 19.2. The summed E-state index contributed by atoms with van der Waals surface area (Å²) in [4.78, 5) is 8.88.